The molecule has 0 fully saturated rings. The summed E-state index contributed by atoms with van der Waals surface area (Å²) in [5.74, 6) is 0.814. The van der Waals surface area contributed by atoms with Crippen molar-refractivity contribution < 1.29 is 14.3 Å². The van der Waals surface area contributed by atoms with Crippen LogP contribution in [0.15, 0.2) is 60.3 Å². The monoisotopic (exact) mass is 527 g/mol. The van der Waals surface area contributed by atoms with Gasteiger partial charge in [-0.1, -0.05) is 61.0 Å². The van der Waals surface area contributed by atoms with Crippen molar-refractivity contribution in [1.29, 1.82) is 0 Å². The number of thioether (sulfide) groups is 1. The normalized spacial score (nSPS) is 11.7. The van der Waals surface area contributed by atoms with Crippen molar-refractivity contribution in [1.82, 2.24) is 20.1 Å². The molecule has 0 aliphatic carbocycles. The highest BCUT2D eigenvalue weighted by Gasteiger charge is 2.26. The average Bonchev–Trinajstić information content (AvgIpc) is 3.23. The summed E-state index contributed by atoms with van der Waals surface area (Å²) in [6.45, 7) is 10.3. The van der Waals surface area contributed by atoms with E-state index in [0.29, 0.717) is 39.5 Å². The van der Waals surface area contributed by atoms with Gasteiger partial charge in [-0.05, 0) is 43.2 Å². The molecule has 190 valence electrons. The van der Waals surface area contributed by atoms with Crippen LogP contribution in [0, 0.1) is 12.8 Å². The van der Waals surface area contributed by atoms with E-state index in [2.05, 4.69) is 27.4 Å². The lowest BCUT2D eigenvalue weighted by Gasteiger charge is -2.22. The van der Waals surface area contributed by atoms with Crippen LogP contribution >= 0.6 is 23.4 Å². The number of carbonyl (C=O) groups is 2. The first-order valence-corrected chi connectivity index (χ1v) is 12.8. The number of nitrogens with zero attached hydrogens (tertiary/aromatic N) is 3. The largest absolute Gasteiger partial charge is 0.495 e. The van der Waals surface area contributed by atoms with Crippen LogP contribution in [-0.2, 0) is 11.3 Å². The van der Waals surface area contributed by atoms with E-state index < -0.39 is 0 Å². The zero-order chi connectivity index (χ0) is 26.2. The van der Waals surface area contributed by atoms with Crippen LogP contribution in [0.4, 0.5) is 5.69 Å². The molecule has 0 bridgehead atoms. The summed E-state index contributed by atoms with van der Waals surface area (Å²) in [5.41, 5.74) is 2.14. The summed E-state index contributed by atoms with van der Waals surface area (Å²) in [7, 11) is 1.52. The first-order valence-electron chi connectivity index (χ1n) is 11.4. The van der Waals surface area contributed by atoms with E-state index >= 15 is 0 Å². The minimum atomic E-state index is -0.384. The number of nitrogens with one attached hydrogen (secondary N) is 2. The Labute approximate surface area is 220 Å². The second-order valence-electron chi connectivity index (χ2n) is 8.48. The number of ether oxygens (including phenoxy) is 1. The molecule has 0 unspecified atom stereocenters. The Bertz CT molecular complexity index is 1230. The lowest BCUT2D eigenvalue weighted by atomic mass is 10.0. The Balaban J connectivity index is 1.76. The SMILES string of the molecule is C=CCn1c(SCC(=O)Nc2cc(Cl)ccc2OC)nnc1[C@H](NC(=O)c1ccc(C)cc1)C(C)C. The minimum Gasteiger partial charge on any atom is -0.495 e. The fourth-order valence-corrected chi connectivity index (χ4v) is 4.42. The van der Waals surface area contributed by atoms with Crippen LogP contribution in [0.2, 0.25) is 5.02 Å². The quantitative estimate of drug-likeness (QED) is 0.259. The minimum absolute atomic E-state index is 0.0450. The number of anilines is 1. The molecule has 0 aliphatic heterocycles. The highest BCUT2D eigenvalue weighted by molar-refractivity contribution is 7.99. The fourth-order valence-electron chi connectivity index (χ4n) is 3.49. The topological polar surface area (TPSA) is 98.1 Å². The predicted octanol–water partition coefficient (Wildman–Crippen LogP) is 5.29. The maximum atomic E-state index is 12.9. The molecule has 8 nitrogen and oxygen atoms in total. The molecule has 0 spiro atoms. The second-order valence-corrected chi connectivity index (χ2v) is 9.86. The van der Waals surface area contributed by atoms with Crippen molar-refractivity contribution in [2.75, 3.05) is 18.2 Å². The van der Waals surface area contributed by atoms with Crippen molar-refractivity contribution in [2.24, 2.45) is 5.92 Å². The van der Waals surface area contributed by atoms with Crippen molar-refractivity contribution in [3.63, 3.8) is 0 Å². The molecule has 0 saturated carbocycles. The molecule has 0 aliphatic rings. The highest BCUT2D eigenvalue weighted by Crippen LogP contribution is 2.29. The Morgan fingerprint density at radius 1 is 1.19 bits per heavy atom. The van der Waals surface area contributed by atoms with Gasteiger partial charge in [0.2, 0.25) is 5.91 Å². The van der Waals surface area contributed by atoms with Crippen molar-refractivity contribution in [2.45, 2.75) is 38.5 Å². The van der Waals surface area contributed by atoms with Gasteiger partial charge >= 0.3 is 0 Å². The zero-order valence-electron chi connectivity index (χ0n) is 20.7. The fraction of sp³-hybridized carbons (Fsp3) is 0.308. The van der Waals surface area contributed by atoms with Gasteiger partial charge < -0.3 is 19.9 Å². The van der Waals surface area contributed by atoms with Gasteiger partial charge in [-0.3, -0.25) is 9.59 Å². The van der Waals surface area contributed by atoms with Gasteiger partial charge in [-0.25, -0.2) is 0 Å². The molecule has 2 aromatic carbocycles. The lowest BCUT2D eigenvalue weighted by molar-refractivity contribution is -0.113. The third-order valence-corrected chi connectivity index (χ3v) is 6.57. The molecular weight excluding hydrogens is 498 g/mol. The Morgan fingerprint density at radius 3 is 2.56 bits per heavy atom. The molecule has 36 heavy (non-hydrogen) atoms. The molecule has 3 aromatic rings. The third-order valence-electron chi connectivity index (χ3n) is 5.37. The second kappa shape index (κ2) is 12.6. The molecule has 3 rings (SSSR count). The van der Waals surface area contributed by atoms with Crippen molar-refractivity contribution in [3.8, 4) is 5.75 Å². The number of aryl methyl sites for hydroxylation is 1. The lowest BCUT2D eigenvalue weighted by Crippen LogP contribution is -2.33. The van der Waals surface area contributed by atoms with E-state index in [9.17, 15) is 9.59 Å². The summed E-state index contributed by atoms with van der Waals surface area (Å²) in [4.78, 5) is 25.6. The predicted molar refractivity (Wildman–Crippen MR) is 144 cm³/mol. The molecule has 2 amide bonds. The Morgan fingerprint density at radius 2 is 1.92 bits per heavy atom. The van der Waals surface area contributed by atoms with Crippen molar-refractivity contribution >= 4 is 40.9 Å². The third kappa shape index (κ3) is 6.89. The standard InChI is InChI=1S/C26H30ClN5O3S/c1-6-13-32-24(23(16(2)3)29-25(34)18-9-7-17(4)8-10-18)30-31-26(32)36-15-22(33)28-20-14-19(27)11-12-21(20)35-5/h6-12,14,16,23H,1,13,15H2,2-5H3,(H,28,33)(H,29,34)/t23-/m1/s1. The van der Waals surface area contributed by atoms with Crippen LogP contribution in [0.5, 0.6) is 5.75 Å². The smallest absolute Gasteiger partial charge is 0.251 e. The Kier molecular flexibility index (Phi) is 9.55. The average molecular weight is 528 g/mol. The molecule has 1 atom stereocenters. The van der Waals surface area contributed by atoms with E-state index in [1.165, 1.54) is 18.9 Å². The summed E-state index contributed by atoms with van der Waals surface area (Å²) >= 11 is 7.29. The summed E-state index contributed by atoms with van der Waals surface area (Å²) < 4.78 is 7.15. The first-order chi connectivity index (χ1) is 17.2. The van der Waals surface area contributed by atoms with Gasteiger partial charge in [0.25, 0.3) is 5.91 Å². The highest BCUT2D eigenvalue weighted by atomic mass is 35.5. The molecule has 2 N–H and O–H groups in total. The maximum absolute atomic E-state index is 12.9. The van der Waals surface area contributed by atoms with Crippen LogP contribution in [0.3, 0.4) is 0 Å². The van der Waals surface area contributed by atoms with Gasteiger partial charge in [-0.2, -0.15) is 0 Å². The van der Waals surface area contributed by atoms with E-state index in [4.69, 9.17) is 16.3 Å². The molecule has 0 saturated heterocycles. The summed E-state index contributed by atoms with van der Waals surface area (Å²) in [5, 5.41) is 15.6. The summed E-state index contributed by atoms with van der Waals surface area (Å²) in [6.07, 6.45) is 1.73. The van der Waals surface area contributed by atoms with E-state index in [0.717, 1.165) is 5.56 Å². The van der Waals surface area contributed by atoms with Gasteiger partial charge in [-0.15, -0.1) is 16.8 Å². The van der Waals surface area contributed by atoms with Gasteiger partial charge in [0.15, 0.2) is 11.0 Å². The molecule has 0 radical (unpaired) electrons. The number of rotatable bonds is 11. The van der Waals surface area contributed by atoms with Crippen LogP contribution in [0.1, 0.15) is 41.6 Å². The van der Waals surface area contributed by atoms with Crippen LogP contribution in [0.25, 0.3) is 0 Å². The van der Waals surface area contributed by atoms with Gasteiger partial charge in [0.1, 0.15) is 5.75 Å². The van der Waals surface area contributed by atoms with E-state index in [-0.39, 0.29) is 29.5 Å². The number of allylic oxidation sites excluding steroid dienone is 1. The van der Waals surface area contributed by atoms with Gasteiger partial charge in [0, 0.05) is 17.1 Å². The molecule has 10 heteroatoms. The first kappa shape index (κ1) is 27.3. The van der Waals surface area contributed by atoms with Crippen LogP contribution in [-0.4, -0.2) is 39.4 Å². The number of methoxy groups -OCH3 is 1. The number of aromatic nitrogens is 3. The Hall–Kier alpha value is -3.30. The van der Waals surface area contributed by atoms with Crippen LogP contribution < -0.4 is 15.4 Å². The number of halogens is 1. The molecule has 1 heterocycles. The molecule has 1 aromatic heterocycles. The van der Waals surface area contributed by atoms with Gasteiger partial charge in [0.05, 0.1) is 24.6 Å². The maximum Gasteiger partial charge on any atom is 0.251 e. The zero-order valence-corrected chi connectivity index (χ0v) is 22.3. The summed E-state index contributed by atoms with van der Waals surface area (Å²) in [6, 6.07) is 12.0. The number of carbonyl (C=O) groups excluding carboxylic acids is 2. The number of benzene rings is 2. The molecular formula is C26H30ClN5O3S. The number of amides is 2. The number of hydrogen-bond acceptors (Lipinski definition) is 6. The van der Waals surface area contributed by atoms with Crippen molar-refractivity contribution in [3.05, 3.63) is 77.1 Å². The van der Waals surface area contributed by atoms with E-state index in [1.54, 1.807) is 36.4 Å². The van der Waals surface area contributed by atoms with E-state index in [1.807, 2.05) is 37.5 Å². The number of hydrogen-bond donors (Lipinski definition) is 2.